The fourth-order valence-corrected chi connectivity index (χ4v) is 4.27. The van der Waals surface area contributed by atoms with Crippen LogP contribution in [0.4, 0.5) is 13.2 Å². The summed E-state index contributed by atoms with van der Waals surface area (Å²) in [6, 6.07) is 5.03. The summed E-state index contributed by atoms with van der Waals surface area (Å²) in [5.41, 5.74) is -0.282. The second-order valence-electron chi connectivity index (χ2n) is 7.93. The molecule has 1 fully saturated rings. The van der Waals surface area contributed by atoms with E-state index >= 15 is 0 Å². The molecule has 1 aliphatic rings. The van der Waals surface area contributed by atoms with Gasteiger partial charge in [0, 0.05) is 17.7 Å². The lowest BCUT2D eigenvalue weighted by molar-refractivity contribution is -0.142. The lowest BCUT2D eigenvalue weighted by atomic mass is 9.92. The third-order valence-corrected chi connectivity index (χ3v) is 6.00. The Bertz CT molecular complexity index is 766. The van der Waals surface area contributed by atoms with Crippen LogP contribution in [0.15, 0.2) is 49.1 Å². The topological polar surface area (TPSA) is 55.8 Å². The van der Waals surface area contributed by atoms with Crippen LogP contribution in [0, 0.1) is 11.8 Å². The highest BCUT2D eigenvalue weighted by atomic mass is 35.5. The van der Waals surface area contributed by atoms with Crippen LogP contribution in [0.2, 0.25) is 0 Å². The van der Waals surface area contributed by atoms with Crippen molar-refractivity contribution in [2.45, 2.75) is 56.4 Å². The van der Waals surface area contributed by atoms with E-state index in [9.17, 15) is 23.1 Å². The van der Waals surface area contributed by atoms with Gasteiger partial charge in [-0.15, -0.1) is 11.6 Å². The predicted molar refractivity (Wildman–Crippen MR) is 117 cm³/mol. The van der Waals surface area contributed by atoms with Crippen LogP contribution in [0.5, 0.6) is 0 Å². The number of unbranched alkanes of at least 4 members (excludes halogenated alkanes) is 1. The average molecular weight is 475 g/mol. The van der Waals surface area contributed by atoms with E-state index in [1.165, 1.54) is 12.1 Å². The van der Waals surface area contributed by atoms with E-state index in [1.54, 1.807) is 6.07 Å². The lowest BCUT2D eigenvalue weighted by Crippen LogP contribution is -2.25. The normalized spacial score (nSPS) is 23.5. The van der Waals surface area contributed by atoms with Gasteiger partial charge in [0.15, 0.2) is 0 Å². The number of alkyl halides is 4. The van der Waals surface area contributed by atoms with Crippen molar-refractivity contribution < 1.29 is 32.5 Å². The molecule has 32 heavy (non-hydrogen) atoms. The number of allylic oxidation sites excluding steroid dienone is 2. The minimum atomic E-state index is -4.40. The SMILES string of the molecule is C=CCOC(=O)CCCC=CC[C@@H]1[C@@H](COCc2cccc(C(F)(F)F)c2)[C@H](O)C[C@H]1Cl. The van der Waals surface area contributed by atoms with E-state index in [0.717, 1.165) is 18.6 Å². The van der Waals surface area contributed by atoms with Crippen LogP contribution in [0.25, 0.3) is 0 Å². The van der Waals surface area contributed by atoms with Gasteiger partial charge in [0.05, 0.1) is 24.9 Å². The zero-order valence-electron chi connectivity index (χ0n) is 17.9. The van der Waals surface area contributed by atoms with Crippen molar-refractivity contribution in [1.29, 1.82) is 0 Å². The molecule has 0 aromatic heterocycles. The number of carbonyl (C=O) groups excluding carboxylic acids is 1. The fraction of sp³-hybridized carbons (Fsp3) is 0.542. The molecule has 0 bridgehead atoms. The van der Waals surface area contributed by atoms with Crippen molar-refractivity contribution in [2.24, 2.45) is 11.8 Å². The highest BCUT2D eigenvalue weighted by Crippen LogP contribution is 2.39. The largest absolute Gasteiger partial charge is 0.461 e. The van der Waals surface area contributed by atoms with Crippen molar-refractivity contribution in [3.05, 3.63) is 60.2 Å². The monoisotopic (exact) mass is 474 g/mol. The van der Waals surface area contributed by atoms with E-state index in [4.69, 9.17) is 21.1 Å². The maximum absolute atomic E-state index is 12.8. The lowest BCUT2D eigenvalue weighted by Gasteiger charge is -2.22. The Morgan fingerprint density at radius 1 is 1.28 bits per heavy atom. The van der Waals surface area contributed by atoms with E-state index in [0.29, 0.717) is 31.2 Å². The molecule has 178 valence electrons. The van der Waals surface area contributed by atoms with Crippen molar-refractivity contribution >= 4 is 17.6 Å². The van der Waals surface area contributed by atoms with Gasteiger partial charge in [-0.05, 0) is 49.3 Å². The molecule has 0 heterocycles. The van der Waals surface area contributed by atoms with E-state index in [1.807, 2.05) is 12.2 Å². The van der Waals surface area contributed by atoms with Crippen molar-refractivity contribution in [1.82, 2.24) is 0 Å². The van der Waals surface area contributed by atoms with Gasteiger partial charge in [-0.25, -0.2) is 0 Å². The summed E-state index contributed by atoms with van der Waals surface area (Å²) in [5, 5.41) is 10.2. The van der Waals surface area contributed by atoms with Gasteiger partial charge in [-0.3, -0.25) is 4.79 Å². The number of rotatable bonds is 12. The molecule has 4 atom stereocenters. The van der Waals surface area contributed by atoms with Crippen molar-refractivity contribution in [3.63, 3.8) is 0 Å². The first kappa shape index (κ1) is 26.4. The Kier molecular flexibility index (Phi) is 10.7. The first-order valence-corrected chi connectivity index (χ1v) is 11.1. The minimum absolute atomic E-state index is 0.00184. The number of halogens is 4. The molecule has 1 aromatic carbocycles. The van der Waals surface area contributed by atoms with Gasteiger partial charge in [0.2, 0.25) is 0 Å². The molecule has 4 nitrogen and oxygen atoms in total. The number of esters is 1. The summed E-state index contributed by atoms with van der Waals surface area (Å²) in [6.07, 6.45) is 3.33. The molecule has 0 radical (unpaired) electrons. The fourth-order valence-electron chi connectivity index (χ4n) is 3.80. The molecule has 1 saturated carbocycles. The van der Waals surface area contributed by atoms with Gasteiger partial charge in [-0.1, -0.05) is 36.9 Å². The number of aliphatic hydroxyl groups is 1. The Labute approximate surface area is 192 Å². The van der Waals surface area contributed by atoms with Gasteiger partial charge in [0.25, 0.3) is 0 Å². The Balaban J connectivity index is 1.78. The summed E-state index contributed by atoms with van der Waals surface area (Å²) < 4.78 is 49.1. The molecule has 8 heteroatoms. The van der Waals surface area contributed by atoms with Gasteiger partial charge in [0.1, 0.15) is 6.61 Å². The molecule has 2 rings (SSSR count). The second kappa shape index (κ2) is 13.0. The maximum Gasteiger partial charge on any atom is 0.416 e. The van der Waals surface area contributed by atoms with Crippen LogP contribution >= 0.6 is 11.6 Å². The number of benzene rings is 1. The molecule has 0 unspecified atom stereocenters. The zero-order valence-corrected chi connectivity index (χ0v) is 18.7. The summed E-state index contributed by atoms with van der Waals surface area (Å²) in [6.45, 7) is 3.95. The first-order chi connectivity index (χ1) is 15.2. The van der Waals surface area contributed by atoms with Crippen LogP contribution in [0.1, 0.15) is 43.2 Å². The molecule has 1 aliphatic carbocycles. The Hall–Kier alpha value is -1.83. The molecular weight excluding hydrogens is 445 g/mol. The molecule has 0 aliphatic heterocycles. The first-order valence-electron chi connectivity index (χ1n) is 10.7. The standard InChI is InChI=1S/C24H30ClF3O4/c1-2-12-32-23(30)11-6-4-3-5-10-19-20(22(29)14-21(19)25)16-31-15-17-8-7-9-18(13-17)24(26,27)28/h2-3,5,7-9,13,19-22,29H,1,4,6,10-12,14-16H2/t19-,20-,21-,22-/m1/s1. The quantitative estimate of drug-likeness (QED) is 0.183. The third kappa shape index (κ3) is 8.60. The highest BCUT2D eigenvalue weighted by molar-refractivity contribution is 6.21. The zero-order chi connectivity index (χ0) is 23.6. The van der Waals surface area contributed by atoms with E-state index in [2.05, 4.69) is 6.58 Å². The molecule has 0 spiro atoms. The smallest absolute Gasteiger partial charge is 0.416 e. The van der Waals surface area contributed by atoms with Crippen LogP contribution in [-0.2, 0) is 27.1 Å². The number of hydrogen-bond acceptors (Lipinski definition) is 4. The number of aliphatic hydroxyl groups excluding tert-OH is 1. The van der Waals surface area contributed by atoms with Gasteiger partial charge < -0.3 is 14.6 Å². The Morgan fingerprint density at radius 2 is 2.06 bits per heavy atom. The van der Waals surface area contributed by atoms with Crippen molar-refractivity contribution in [2.75, 3.05) is 13.2 Å². The summed E-state index contributed by atoms with van der Waals surface area (Å²) >= 11 is 6.42. The predicted octanol–water partition coefficient (Wildman–Crippen LogP) is 5.67. The summed E-state index contributed by atoms with van der Waals surface area (Å²) in [5.74, 6) is -0.445. The molecule has 1 N–H and O–H groups in total. The number of carbonyl (C=O) groups is 1. The Morgan fingerprint density at radius 3 is 2.78 bits per heavy atom. The number of ether oxygens (including phenoxy) is 2. The second-order valence-corrected chi connectivity index (χ2v) is 8.49. The molecular formula is C24H30ClF3O4. The molecule has 0 amide bonds. The average Bonchev–Trinajstić information content (AvgIpc) is 3.01. The maximum atomic E-state index is 12.8. The molecule has 0 saturated heterocycles. The van der Waals surface area contributed by atoms with Crippen molar-refractivity contribution in [3.8, 4) is 0 Å². The molecule has 1 aromatic rings. The highest BCUT2D eigenvalue weighted by Gasteiger charge is 2.40. The van der Waals surface area contributed by atoms with Crippen LogP contribution in [-0.4, -0.2) is 35.8 Å². The van der Waals surface area contributed by atoms with Gasteiger partial charge >= 0.3 is 12.1 Å². The third-order valence-electron chi connectivity index (χ3n) is 5.50. The minimum Gasteiger partial charge on any atom is -0.461 e. The summed E-state index contributed by atoms with van der Waals surface area (Å²) in [7, 11) is 0. The van der Waals surface area contributed by atoms with Crippen LogP contribution < -0.4 is 0 Å². The number of hydrogen-bond donors (Lipinski definition) is 1. The van der Waals surface area contributed by atoms with E-state index in [-0.39, 0.29) is 43.0 Å². The summed E-state index contributed by atoms with van der Waals surface area (Å²) in [4.78, 5) is 11.4. The van der Waals surface area contributed by atoms with Crippen LogP contribution in [0.3, 0.4) is 0 Å². The van der Waals surface area contributed by atoms with E-state index < -0.39 is 17.8 Å². The van der Waals surface area contributed by atoms with Gasteiger partial charge in [-0.2, -0.15) is 13.2 Å².